The number of ether oxygens (including phenoxy) is 1. The predicted octanol–water partition coefficient (Wildman–Crippen LogP) is 1.43. The zero-order chi connectivity index (χ0) is 18.1. The van der Waals surface area contributed by atoms with Gasteiger partial charge in [-0.25, -0.2) is 14.3 Å². The minimum Gasteiger partial charge on any atom is -0.378 e. The SMILES string of the molecule is CN(C)C(=O)N1CCC[C@@H](c2nc3ccc(N4CCOCC4)cn3n2)C1. The average molecular weight is 358 g/mol. The Morgan fingerprint density at radius 1 is 1.23 bits per heavy atom. The second-order valence-electron chi connectivity index (χ2n) is 7.22. The normalized spacial score (nSPS) is 21.2. The van der Waals surface area contributed by atoms with E-state index in [9.17, 15) is 4.79 Å². The van der Waals surface area contributed by atoms with E-state index >= 15 is 0 Å². The number of piperidine rings is 1. The molecule has 2 aromatic heterocycles. The molecule has 2 aliphatic rings. The Morgan fingerprint density at radius 3 is 2.81 bits per heavy atom. The zero-order valence-electron chi connectivity index (χ0n) is 15.5. The first kappa shape index (κ1) is 17.1. The number of carbonyl (C=O) groups is 1. The van der Waals surface area contributed by atoms with E-state index in [-0.39, 0.29) is 11.9 Å². The summed E-state index contributed by atoms with van der Waals surface area (Å²) in [7, 11) is 3.59. The van der Waals surface area contributed by atoms with Crippen molar-refractivity contribution in [1.82, 2.24) is 24.4 Å². The van der Waals surface area contributed by atoms with Crippen LogP contribution in [0.3, 0.4) is 0 Å². The molecule has 0 saturated carbocycles. The fourth-order valence-electron chi connectivity index (χ4n) is 3.72. The summed E-state index contributed by atoms with van der Waals surface area (Å²) in [4.78, 5) is 22.8. The highest BCUT2D eigenvalue weighted by Gasteiger charge is 2.28. The molecule has 140 valence electrons. The predicted molar refractivity (Wildman–Crippen MR) is 98.7 cm³/mol. The Morgan fingerprint density at radius 2 is 2.04 bits per heavy atom. The van der Waals surface area contributed by atoms with Gasteiger partial charge in [-0.1, -0.05) is 0 Å². The van der Waals surface area contributed by atoms with Gasteiger partial charge in [0, 0.05) is 46.2 Å². The van der Waals surface area contributed by atoms with Crippen molar-refractivity contribution in [3.63, 3.8) is 0 Å². The molecule has 0 unspecified atom stereocenters. The van der Waals surface area contributed by atoms with Crippen LogP contribution in [-0.4, -0.2) is 83.9 Å². The topological polar surface area (TPSA) is 66.2 Å². The van der Waals surface area contributed by atoms with Crippen molar-refractivity contribution in [2.45, 2.75) is 18.8 Å². The molecule has 0 aliphatic carbocycles. The second-order valence-corrected chi connectivity index (χ2v) is 7.22. The number of carbonyl (C=O) groups excluding carboxylic acids is 1. The van der Waals surface area contributed by atoms with Gasteiger partial charge in [-0.05, 0) is 25.0 Å². The molecule has 4 rings (SSSR count). The monoisotopic (exact) mass is 358 g/mol. The lowest BCUT2D eigenvalue weighted by molar-refractivity contribution is 0.122. The summed E-state index contributed by atoms with van der Waals surface area (Å²) in [5, 5.41) is 4.73. The standard InChI is InChI=1S/C18H26N6O2/c1-21(2)18(25)23-7-3-4-14(12-23)17-19-16-6-5-15(13-24(16)20-17)22-8-10-26-11-9-22/h5-6,13-14H,3-4,7-12H2,1-2H3/t14-/m1/s1. The van der Waals surface area contributed by atoms with Crippen LogP contribution in [0.15, 0.2) is 18.3 Å². The summed E-state index contributed by atoms with van der Waals surface area (Å²) in [6, 6.07) is 4.18. The third-order valence-electron chi connectivity index (χ3n) is 5.15. The quantitative estimate of drug-likeness (QED) is 0.812. The molecular formula is C18H26N6O2. The fraction of sp³-hybridized carbons (Fsp3) is 0.611. The molecule has 4 heterocycles. The van der Waals surface area contributed by atoms with Crippen LogP contribution in [0.1, 0.15) is 24.6 Å². The third kappa shape index (κ3) is 3.33. The minimum absolute atomic E-state index is 0.0630. The van der Waals surface area contributed by atoms with E-state index in [0.29, 0.717) is 6.54 Å². The molecule has 0 radical (unpaired) electrons. The molecule has 26 heavy (non-hydrogen) atoms. The summed E-state index contributed by atoms with van der Waals surface area (Å²) in [6.45, 7) is 4.82. The maximum Gasteiger partial charge on any atom is 0.319 e. The number of urea groups is 1. The van der Waals surface area contributed by atoms with E-state index in [1.54, 1.807) is 19.0 Å². The Labute approximate surface area is 153 Å². The van der Waals surface area contributed by atoms with Crippen molar-refractivity contribution < 1.29 is 9.53 Å². The number of morpholine rings is 1. The molecule has 8 heteroatoms. The molecule has 1 atom stereocenters. The van der Waals surface area contributed by atoms with Gasteiger partial charge in [0.25, 0.3) is 0 Å². The molecule has 0 bridgehead atoms. The van der Waals surface area contributed by atoms with Crippen LogP contribution in [-0.2, 0) is 4.74 Å². The van der Waals surface area contributed by atoms with Crippen LogP contribution in [0, 0.1) is 0 Å². The summed E-state index contributed by atoms with van der Waals surface area (Å²) in [5.74, 6) is 1.03. The van der Waals surface area contributed by atoms with Crippen LogP contribution >= 0.6 is 0 Å². The number of likely N-dealkylation sites (tertiary alicyclic amines) is 1. The lowest BCUT2D eigenvalue weighted by Crippen LogP contribution is -2.44. The number of aromatic nitrogens is 3. The van der Waals surface area contributed by atoms with E-state index in [1.807, 2.05) is 21.7 Å². The Balaban J connectivity index is 1.54. The highest BCUT2D eigenvalue weighted by atomic mass is 16.5. The number of fused-ring (bicyclic) bond motifs is 1. The van der Waals surface area contributed by atoms with Gasteiger partial charge in [0.15, 0.2) is 11.5 Å². The highest BCUT2D eigenvalue weighted by Crippen LogP contribution is 2.26. The van der Waals surface area contributed by atoms with E-state index in [4.69, 9.17) is 14.8 Å². The largest absolute Gasteiger partial charge is 0.378 e. The van der Waals surface area contributed by atoms with Crippen molar-refractivity contribution in [1.29, 1.82) is 0 Å². The zero-order valence-corrected chi connectivity index (χ0v) is 15.5. The second kappa shape index (κ2) is 7.11. The Kier molecular flexibility index (Phi) is 4.67. The van der Waals surface area contributed by atoms with Gasteiger partial charge in [0.2, 0.25) is 0 Å². The molecule has 0 N–H and O–H groups in total. The maximum absolute atomic E-state index is 12.3. The number of anilines is 1. The van der Waals surface area contributed by atoms with Gasteiger partial charge < -0.3 is 19.4 Å². The molecule has 0 spiro atoms. The van der Waals surface area contributed by atoms with Crippen LogP contribution in [0.2, 0.25) is 0 Å². The number of hydrogen-bond donors (Lipinski definition) is 0. The minimum atomic E-state index is 0.0630. The number of amides is 2. The van der Waals surface area contributed by atoms with Crippen molar-refractivity contribution in [3.8, 4) is 0 Å². The summed E-state index contributed by atoms with van der Waals surface area (Å²) < 4.78 is 7.29. The first-order valence-electron chi connectivity index (χ1n) is 9.27. The van der Waals surface area contributed by atoms with E-state index < -0.39 is 0 Å². The molecule has 2 aliphatic heterocycles. The van der Waals surface area contributed by atoms with Gasteiger partial charge in [-0.3, -0.25) is 0 Å². The summed E-state index contributed by atoms with van der Waals surface area (Å²) in [5.41, 5.74) is 2.00. The number of pyridine rings is 1. The Bertz CT molecular complexity index is 783. The molecule has 2 fully saturated rings. The summed E-state index contributed by atoms with van der Waals surface area (Å²) in [6.07, 6.45) is 4.05. The molecular weight excluding hydrogens is 332 g/mol. The number of nitrogens with zero attached hydrogens (tertiary/aromatic N) is 6. The lowest BCUT2D eigenvalue weighted by atomic mass is 9.98. The van der Waals surface area contributed by atoms with Crippen molar-refractivity contribution in [2.24, 2.45) is 0 Å². The molecule has 8 nitrogen and oxygen atoms in total. The van der Waals surface area contributed by atoms with Gasteiger partial charge in [0.1, 0.15) is 0 Å². The first-order chi connectivity index (χ1) is 12.6. The van der Waals surface area contributed by atoms with Crippen molar-refractivity contribution >= 4 is 17.4 Å². The van der Waals surface area contributed by atoms with Crippen LogP contribution in [0.25, 0.3) is 5.65 Å². The van der Waals surface area contributed by atoms with Crippen LogP contribution < -0.4 is 4.90 Å². The van der Waals surface area contributed by atoms with Crippen LogP contribution in [0.5, 0.6) is 0 Å². The average Bonchev–Trinajstić information content (AvgIpc) is 3.11. The number of hydrogen-bond acceptors (Lipinski definition) is 5. The highest BCUT2D eigenvalue weighted by molar-refractivity contribution is 5.74. The van der Waals surface area contributed by atoms with E-state index in [0.717, 1.165) is 62.8 Å². The lowest BCUT2D eigenvalue weighted by Gasteiger charge is -2.33. The number of rotatable bonds is 2. The van der Waals surface area contributed by atoms with Gasteiger partial charge in [-0.2, -0.15) is 5.10 Å². The molecule has 2 amide bonds. The van der Waals surface area contributed by atoms with Gasteiger partial charge in [0.05, 0.1) is 25.1 Å². The van der Waals surface area contributed by atoms with E-state index in [2.05, 4.69) is 11.0 Å². The van der Waals surface area contributed by atoms with Gasteiger partial charge >= 0.3 is 6.03 Å². The molecule has 0 aromatic carbocycles. The van der Waals surface area contributed by atoms with Crippen molar-refractivity contribution in [2.75, 3.05) is 58.4 Å². The summed E-state index contributed by atoms with van der Waals surface area (Å²) >= 11 is 0. The molecule has 2 aromatic rings. The Hall–Kier alpha value is -2.35. The van der Waals surface area contributed by atoms with Gasteiger partial charge in [-0.15, -0.1) is 0 Å². The maximum atomic E-state index is 12.3. The van der Waals surface area contributed by atoms with Crippen molar-refractivity contribution in [3.05, 3.63) is 24.2 Å². The van der Waals surface area contributed by atoms with E-state index in [1.165, 1.54) is 0 Å². The third-order valence-corrected chi connectivity index (χ3v) is 5.15. The first-order valence-corrected chi connectivity index (χ1v) is 9.27. The molecule has 2 saturated heterocycles. The van der Waals surface area contributed by atoms with Crippen LogP contribution in [0.4, 0.5) is 10.5 Å². The smallest absolute Gasteiger partial charge is 0.319 e. The fourth-order valence-corrected chi connectivity index (χ4v) is 3.72.